The second-order valence-corrected chi connectivity index (χ2v) is 11.8. The first-order chi connectivity index (χ1) is 18.1. The maximum Gasteiger partial charge on any atom is 0.416 e. The average Bonchev–Trinajstić information content (AvgIpc) is 3.44. The normalized spacial score (nSPS) is 30.1. The number of fused-ring (bicyclic) bond motifs is 2. The van der Waals surface area contributed by atoms with Crippen molar-refractivity contribution in [3.05, 3.63) is 70.3 Å². The Bertz CT molecular complexity index is 1270. The van der Waals surface area contributed by atoms with Crippen LogP contribution in [0.3, 0.4) is 0 Å². The molecule has 0 bridgehead atoms. The lowest BCUT2D eigenvalue weighted by Crippen LogP contribution is -2.42. The largest absolute Gasteiger partial charge is 0.478 e. The molecule has 1 amide bonds. The number of amides is 1. The van der Waals surface area contributed by atoms with Gasteiger partial charge in [-0.25, -0.2) is 4.79 Å². The molecular formula is C30H33F3N2O3. The Labute approximate surface area is 220 Å². The number of likely N-dealkylation sites (tertiary alicyclic amines) is 1. The smallest absolute Gasteiger partial charge is 0.416 e. The Balaban J connectivity index is 1.13. The molecule has 6 rings (SSSR count). The summed E-state index contributed by atoms with van der Waals surface area (Å²) >= 11 is 0. The summed E-state index contributed by atoms with van der Waals surface area (Å²) in [7, 11) is 0. The Kier molecular flexibility index (Phi) is 6.09. The number of piperidine rings is 1. The number of halogens is 3. The molecule has 2 aromatic rings. The lowest BCUT2D eigenvalue weighted by atomic mass is 9.73. The van der Waals surface area contributed by atoms with Gasteiger partial charge in [0.2, 0.25) is 5.91 Å². The van der Waals surface area contributed by atoms with Gasteiger partial charge in [0.05, 0.1) is 16.5 Å². The highest BCUT2D eigenvalue weighted by atomic mass is 19.4. The number of carbonyl (C=O) groups excluding carboxylic acids is 1. The maximum absolute atomic E-state index is 13.9. The van der Waals surface area contributed by atoms with E-state index in [-0.39, 0.29) is 24.4 Å². The second-order valence-electron chi connectivity index (χ2n) is 11.8. The highest BCUT2D eigenvalue weighted by Crippen LogP contribution is 2.55. The molecule has 1 spiro atoms. The van der Waals surface area contributed by atoms with Gasteiger partial charge in [0, 0.05) is 18.6 Å². The van der Waals surface area contributed by atoms with Crippen LogP contribution in [0.4, 0.5) is 13.2 Å². The summed E-state index contributed by atoms with van der Waals surface area (Å²) in [6.07, 6.45) is 0.747. The predicted molar refractivity (Wildman–Crippen MR) is 136 cm³/mol. The molecule has 8 heteroatoms. The number of hydrogen-bond acceptors (Lipinski definition) is 3. The van der Waals surface area contributed by atoms with Crippen LogP contribution in [-0.2, 0) is 23.9 Å². The number of aromatic carboxylic acids is 1. The van der Waals surface area contributed by atoms with Crippen LogP contribution < -0.4 is 0 Å². The zero-order chi connectivity index (χ0) is 26.8. The summed E-state index contributed by atoms with van der Waals surface area (Å²) in [5.41, 5.74) is 1.87. The van der Waals surface area contributed by atoms with Gasteiger partial charge >= 0.3 is 12.1 Å². The summed E-state index contributed by atoms with van der Waals surface area (Å²) in [6, 6.07) is 11.6. The highest BCUT2D eigenvalue weighted by molar-refractivity contribution is 5.88. The van der Waals surface area contributed by atoms with E-state index in [1.54, 1.807) is 18.2 Å². The fourth-order valence-corrected chi connectivity index (χ4v) is 7.79. The summed E-state index contributed by atoms with van der Waals surface area (Å²) < 4.78 is 39.9. The Morgan fingerprint density at radius 2 is 1.82 bits per heavy atom. The molecule has 5 nitrogen and oxygen atoms in total. The minimum atomic E-state index is -4.39. The Morgan fingerprint density at radius 1 is 1.05 bits per heavy atom. The molecule has 0 radical (unpaired) electrons. The Morgan fingerprint density at radius 3 is 2.53 bits per heavy atom. The van der Waals surface area contributed by atoms with E-state index in [1.165, 1.54) is 12.1 Å². The van der Waals surface area contributed by atoms with Gasteiger partial charge in [0.25, 0.3) is 0 Å². The van der Waals surface area contributed by atoms with Crippen LogP contribution >= 0.6 is 0 Å². The lowest BCUT2D eigenvalue weighted by Gasteiger charge is -2.37. The molecule has 2 saturated heterocycles. The highest BCUT2D eigenvalue weighted by Gasteiger charge is 2.60. The lowest BCUT2D eigenvalue weighted by molar-refractivity contribution is -0.138. The van der Waals surface area contributed by atoms with E-state index >= 15 is 0 Å². The molecule has 1 saturated carbocycles. The third kappa shape index (κ3) is 4.12. The van der Waals surface area contributed by atoms with E-state index in [1.807, 2.05) is 17.0 Å². The maximum atomic E-state index is 13.9. The van der Waals surface area contributed by atoms with Crippen LogP contribution in [0.2, 0.25) is 0 Å². The van der Waals surface area contributed by atoms with Crippen molar-refractivity contribution >= 4 is 11.9 Å². The van der Waals surface area contributed by atoms with Crippen LogP contribution in [0.5, 0.6) is 0 Å². The van der Waals surface area contributed by atoms with Crippen molar-refractivity contribution in [2.75, 3.05) is 13.1 Å². The minimum absolute atomic E-state index is 0.0396. The van der Waals surface area contributed by atoms with Gasteiger partial charge < -0.3 is 14.9 Å². The molecule has 2 unspecified atom stereocenters. The van der Waals surface area contributed by atoms with Crippen molar-refractivity contribution in [2.45, 2.75) is 76.2 Å². The predicted octanol–water partition coefficient (Wildman–Crippen LogP) is 5.73. The quantitative estimate of drug-likeness (QED) is 0.556. The monoisotopic (exact) mass is 526 g/mol. The molecule has 38 heavy (non-hydrogen) atoms. The van der Waals surface area contributed by atoms with E-state index in [9.17, 15) is 27.9 Å². The number of carboxylic acid groups (broad SMARTS) is 1. The minimum Gasteiger partial charge on any atom is -0.478 e. The number of hydrogen-bond donors (Lipinski definition) is 1. The van der Waals surface area contributed by atoms with Crippen LogP contribution in [0.1, 0.15) is 77.6 Å². The molecule has 3 fully saturated rings. The summed E-state index contributed by atoms with van der Waals surface area (Å²) in [5, 5.41) is 9.32. The summed E-state index contributed by atoms with van der Waals surface area (Å²) in [4.78, 5) is 29.6. The molecule has 1 aliphatic carbocycles. The third-order valence-electron chi connectivity index (χ3n) is 10.0. The first-order valence-corrected chi connectivity index (χ1v) is 13.6. The molecule has 0 aromatic heterocycles. The summed E-state index contributed by atoms with van der Waals surface area (Å²) in [6.45, 7) is 4.27. The zero-order valence-corrected chi connectivity index (χ0v) is 21.5. The van der Waals surface area contributed by atoms with Crippen LogP contribution in [0.25, 0.3) is 0 Å². The van der Waals surface area contributed by atoms with Crippen molar-refractivity contribution in [2.24, 2.45) is 11.3 Å². The van der Waals surface area contributed by atoms with Gasteiger partial charge in [-0.15, -0.1) is 0 Å². The fourth-order valence-electron chi connectivity index (χ4n) is 7.79. The molecular weight excluding hydrogens is 493 g/mol. The third-order valence-corrected chi connectivity index (χ3v) is 10.0. The van der Waals surface area contributed by atoms with E-state index in [0.29, 0.717) is 29.5 Å². The van der Waals surface area contributed by atoms with Crippen molar-refractivity contribution in [1.29, 1.82) is 0 Å². The fraction of sp³-hybridized carbons (Fsp3) is 0.533. The SMILES string of the molecule is CC1C2Cc3ccc(C(F)(F)F)cc3CN2C(=O)[C@]12CC[C@@H](N1CCC(c3cccc(C(=O)O)c3)CC1)C2. The first kappa shape index (κ1) is 25.4. The van der Waals surface area contributed by atoms with Crippen LogP contribution in [0, 0.1) is 11.3 Å². The van der Waals surface area contributed by atoms with Gasteiger partial charge in [0.1, 0.15) is 0 Å². The molecule has 4 atom stereocenters. The zero-order valence-electron chi connectivity index (χ0n) is 21.5. The average molecular weight is 527 g/mol. The molecule has 202 valence electrons. The number of nitrogens with zero attached hydrogens (tertiary/aromatic N) is 2. The number of carbonyl (C=O) groups is 2. The van der Waals surface area contributed by atoms with Crippen molar-refractivity contribution in [1.82, 2.24) is 9.80 Å². The van der Waals surface area contributed by atoms with Gasteiger partial charge in [-0.1, -0.05) is 25.1 Å². The summed E-state index contributed by atoms with van der Waals surface area (Å²) in [5.74, 6) is -0.286. The molecule has 4 aliphatic rings. The molecule has 3 heterocycles. The molecule has 3 aliphatic heterocycles. The first-order valence-electron chi connectivity index (χ1n) is 13.6. The van der Waals surface area contributed by atoms with Gasteiger partial charge in [0.15, 0.2) is 0 Å². The van der Waals surface area contributed by atoms with E-state index in [4.69, 9.17) is 0 Å². The van der Waals surface area contributed by atoms with Crippen molar-refractivity contribution < 1.29 is 27.9 Å². The van der Waals surface area contributed by atoms with Gasteiger partial charge in [-0.05, 0) is 104 Å². The van der Waals surface area contributed by atoms with E-state index in [0.717, 1.165) is 56.3 Å². The Hall–Kier alpha value is -2.87. The standard InChI is InChI=1S/C30H33F3N2O3/c1-18-26-15-21-5-6-24(30(31,32)33)14-23(21)17-35(26)28(38)29(18)10-7-25(16-29)34-11-8-19(9-12-34)20-3-2-4-22(13-20)27(36)37/h2-6,13-14,18-19,25-26H,7-12,15-17H2,1H3,(H,36,37)/t18?,25-,26?,29+/m1/s1. The van der Waals surface area contributed by atoms with Crippen LogP contribution in [-0.4, -0.2) is 52.0 Å². The number of benzene rings is 2. The number of rotatable bonds is 3. The van der Waals surface area contributed by atoms with Gasteiger partial charge in [-0.3, -0.25) is 4.79 Å². The van der Waals surface area contributed by atoms with Gasteiger partial charge in [-0.2, -0.15) is 13.2 Å². The van der Waals surface area contributed by atoms with Crippen molar-refractivity contribution in [3.63, 3.8) is 0 Å². The van der Waals surface area contributed by atoms with Crippen molar-refractivity contribution in [3.8, 4) is 0 Å². The van der Waals surface area contributed by atoms with Crippen LogP contribution in [0.15, 0.2) is 42.5 Å². The topological polar surface area (TPSA) is 60.9 Å². The van der Waals surface area contributed by atoms with E-state index in [2.05, 4.69) is 11.8 Å². The number of carboxylic acids is 1. The molecule has 1 N–H and O–H groups in total. The molecule has 2 aromatic carbocycles. The van der Waals surface area contributed by atoms with E-state index < -0.39 is 23.1 Å². The number of alkyl halides is 3. The second kappa shape index (κ2) is 9.11.